The molecule has 19 heavy (non-hydrogen) atoms. The van der Waals surface area contributed by atoms with Crippen molar-refractivity contribution in [3.63, 3.8) is 0 Å². The quantitative estimate of drug-likeness (QED) is 0.890. The molecule has 2 rings (SSSR count). The second-order valence-electron chi connectivity index (χ2n) is 4.26. The van der Waals surface area contributed by atoms with Gasteiger partial charge in [-0.25, -0.2) is 4.79 Å². The Morgan fingerprint density at radius 1 is 1.16 bits per heavy atom. The van der Waals surface area contributed by atoms with Crippen LogP contribution < -0.4 is 4.74 Å². The predicted octanol–water partition coefficient (Wildman–Crippen LogP) is 3.53. The van der Waals surface area contributed by atoms with E-state index in [-0.39, 0.29) is 0 Å². The molecule has 0 heterocycles. The van der Waals surface area contributed by atoms with E-state index < -0.39 is 5.97 Å². The first-order chi connectivity index (χ1) is 9.20. The fourth-order valence-electron chi connectivity index (χ4n) is 1.86. The normalized spacial score (nSPS) is 10.2. The Hall–Kier alpha value is -2.29. The Bertz CT molecular complexity index is 561. The molecule has 3 nitrogen and oxygen atoms in total. The molecule has 0 radical (unpaired) electrons. The minimum Gasteiger partial charge on any atom is -0.489 e. The zero-order valence-electron chi connectivity index (χ0n) is 10.8. The van der Waals surface area contributed by atoms with Gasteiger partial charge in [0, 0.05) is 0 Å². The molecule has 0 atom stereocenters. The highest BCUT2D eigenvalue weighted by atomic mass is 16.5. The summed E-state index contributed by atoms with van der Waals surface area (Å²) < 4.78 is 5.76. The third kappa shape index (κ3) is 3.35. The molecule has 0 aliphatic heterocycles. The molecule has 98 valence electrons. The van der Waals surface area contributed by atoms with Crippen molar-refractivity contribution >= 4 is 5.97 Å². The molecular formula is C16H16O3. The minimum absolute atomic E-state index is 0.295. The fraction of sp³-hybridized carbons (Fsp3) is 0.188. The van der Waals surface area contributed by atoms with Crippen molar-refractivity contribution in [2.24, 2.45) is 0 Å². The lowest BCUT2D eigenvalue weighted by Gasteiger charge is -2.11. The smallest absolute Gasteiger partial charge is 0.335 e. The van der Waals surface area contributed by atoms with Crippen LogP contribution in [-0.2, 0) is 13.0 Å². The average Bonchev–Trinajstić information content (AvgIpc) is 2.45. The maximum Gasteiger partial charge on any atom is 0.335 e. The van der Waals surface area contributed by atoms with Gasteiger partial charge < -0.3 is 9.84 Å². The molecule has 2 aromatic carbocycles. The highest BCUT2D eigenvalue weighted by Crippen LogP contribution is 2.22. The number of rotatable bonds is 5. The van der Waals surface area contributed by atoms with Crippen LogP contribution in [0.1, 0.15) is 28.4 Å². The van der Waals surface area contributed by atoms with Crippen molar-refractivity contribution in [2.75, 3.05) is 0 Å². The first kappa shape index (κ1) is 13.1. The lowest BCUT2D eigenvalue weighted by Crippen LogP contribution is -2.01. The summed E-state index contributed by atoms with van der Waals surface area (Å²) in [4.78, 5) is 10.9. The van der Waals surface area contributed by atoms with E-state index in [0.29, 0.717) is 12.2 Å². The first-order valence-electron chi connectivity index (χ1n) is 6.23. The molecule has 0 bridgehead atoms. The molecule has 0 saturated heterocycles. The third-order valence-corrected chi connectivity index (χ3v) is 2.93. The molecule has 0 saturated carbocycles. The minimum atomic E-state index is -0.913. The highest BCUT2D eigenvalue weighted by molar-refractivity contribution is 5.88. The summed E-state index contributed by atoms with van der Waals surface area (Å²) >= 11 is 0. The molecule has 0 fully saturated rings. The second-order valence-corrected chi connectivity index (χ2v) is 4.26. The number of benzene rings is 2. The number of ether oxygens (including phenoxy) is 1. The Kier molecular flexibility index (Phi) is 4.18. The van der Waals surface area contributed by atoms with Gasteiger partial charge in [0.15, 0.2) is 0 Å². The van der Waals surface area contributed by atoms with Crippen LogP contribution in [0.2, 0.25) is 0 Å². The van der Waals surface area contributed by atoms with Gasteiger partial charge in [0.2, 0.25) is 0 Å². The van der Waals surface area contributed by atoms with Crippen molar-refractivity contribution in [3.8, 4) is 5.75 Å². The van der Waals surface area contributed by atoms with E-state index in [9.17, 15) is 4.79 Å². The van der Waals surface area contributed by atoms with Gasteiger partial charge in [-0.2, -0.15) is 0 Å². The SMILES string of the molecule is CCc1cc(C(=O)O)ccc1OCc1ccccc1. The van der Waals surface area contributed by atoms with Crippen molar-refractivity contribution in [1.29, 1.82) is 0 Å². The monoisotopic (exact) mass is 256 g/mol. The van der Waals surface area contributed by atoms with Crippen LogP contribution in [0, 0.1) is 0 Å². The van der Waals surface area contributed by atoms with Crippen LogP contribution in [0.15, 0.2) is 48.5 Å². The molecule has 0 aromatic heterocycles. The van der Waals surface area contributed by atoms with E-state index in [4.69, 9.17) is 9.84 Å². The molecule has 1 N–H and O–H groups in total. The molecule has 2 aromatic rings. The number of aryl methyl sites for hydroxylation is 1. The van der Waals surface area contributed by atoms with E-state index >= 15 is 0 Å². The summed E-state index contributed by atoms with van der Waals surface area (Å²) in [5.74, 6) is -0.166. The number of aromatic carboxylic acids is 1. The summed E-state index contributed by atoms with van der Waals surface area (Å²) in [5.41, 5.74) is 2.30. The summed E-state index contributed by atoms with van der Waals surface area (Å²) in [6.45, 7) is 2.47. The van der Waals surface area contributed by atoms with Crippen LogP contribution in [-0.4, -0.2) is 11.1 Å². The molecule has 0 unspecified atom stereocenters. The van der Waals surface area contributed by atoms with Crippen molar-refractivity contribution < 1.29 is 14.6 Å². The Morgan fingerprint density at radius 3 is 2.53 bits per heavy atom. The predicted molar refractivity (Wildman–Crippen MR) is 73.6 cm³/mol. The molecule has 0 aliphatic carbocycles. The van der Waals surface area contributed by atoms with Crippen LogP contribution >= 0.6 is 0 Å². The van der Waals surface area contributed by atoms with Crippen LogP contribution in [0.3, 0.4) is 0 Å². The van der Waals surface area contributed by atoms with Gasteiger partial charge in [-0.1, -0.05) is 37.3 Å². The van der Waals surface area contributed by atoms with Gasteiger partial charge in [-0.15, -0.1) is 0 Å². The summed E-state index contributed by atoms with van der Waals surface area (Å²) in [6, 6.07) is 14.9. The van der Waals surface area contributed by atoms with Gasteiger partial charge in [0.25, 0.3) is 0 Å². The summed E-state index contributed by atoms with van der Waals surface area (Å²) in [5, 5.41) is 8.96. The maximum absolute atomic E-state index is 10.9. The molecule has 0 spiro atoms. The number of carboxylic acids is 1. The Morgan fingerprint density at radius 2 is 1.89 bits per heavy atom. The van der Waals surface area contributed by atoms with Gasteiger partial charge in [0.1, 0.15) is 12.4 Å². The van der Waals surface area contributed by atoms with Gasteiger partial charge in [-0.3, -0.25) is 0 Å². The van der Waals surface area contributed by atoms with E-state index in [1.165, 1.54) is 0 Å². The largest absolute Gasteiger partial charge is 0.489 e. The van der Waals surface area contributed by atoms with Crippen molar-refractivity contribution in [3.05, 3.63) is 65.2 Å². The lowest BCUT2D eigenvalue weighted by molar-refractivity contribution is 0.0696. The number of hydrogen-bond donors (Lipinski definition) is 1. The standard InChI is InChI=1S/C16H16O3/c1-2-13-10-14(16(17)18)8-9-15(13)19-11-12-6-4-3-5-7-12/h3-10H,2,11H2,1H3,(H,17,18). The van der Waals surface area contributed by atoms with Crippen LogP contribution in [0.5, 0.6) is 5.75 Å². The Labute approximate surface area is 112 Å². The number of carbonyl (C=O) groups is 1. The highest BCUT2D eigenvalue weighted by Gasteiger charge is 2.08. The zero-order valence-corrected chi connectivity index (χ0v) is 10.8. The molecule has 0 aliphatic rings. The van der Waals surface area contributed by atoms with Crippen LogP contribution in [0.25, 0.3) is 0 Å². The molecule has 3 heteroatoms. The van der Waals surface area contributed by atoms with E-state index in [2.05, 4.69) is 0 Å². The van der Waals surface area contributed by atoms with Crippen LogP contribution in [0.4, 0.5) is 0 Å². The topological polar surface area (TPSA) is 46.5 Å². The average molecular weight is 256 g/mol. The molecular weight excluding hydrogens is 240 g/mol. The van der Waals surface area contributed by atoms with E-state index in [0.717, 1.165) is 23.3 Å². The zero-order chi connectivity index (χ0) is 13.7. The van der Waals surface area contributed by atoms with Gasteiger partial charge >= 0.3 is 5.97 Å². The van der Waals surface area contributed by atoms with E-state index in [1.54, 1.807) is 18.2 Å². The first-order valence-corrected chi connectivity index (χ1v) is 6.23. The molecule has 0 amide bonds. The second kappa shape index (κ2) is 6.05. The number of hydrogen-bond acceptors (Lipinski definition) is 2. The Balaban J connectivity index is 2.14. The van der Waals surface area contributed by atoms with Gasteiger partial charge in [0.05, 0.1) is 5.56 Å². The summed E-state index contributed by atoms with van der Waals surface area (Å²) in [7, 11) is 0. The number of carboxylic acid groups (broad SMARTS) is 1. The van der Waals surface area contributed by atoms with Crippen molar-refractivity contribution in [2.45, 2.75) is 20.0 Å². The van der Waals surface area contributed by atoms with Crippen molar-refractivity contribution in [1.82, 2.24) is 0 Å². The van der Waals surface area contributed by atoms with Gasteiger partial charge in [-0.05, 0) is 35.7 Å². The third-order valence-electron chi connectivity index (χ3n) is 2.93. The summed E-state index contributed by atoms with van der Waals surface area (Å²) in [6.07, 6.45) is 0.741. The fourth-order valence-corrected chi connectivity index (χ4v) is 1.86. The van der Waals surface area contributed by atoms with E-state index in [1.807, 2.05) is 37.3 Å². The maximum atomic E-state index is 10.9. The lowest BCUT2D eigenvalue weighted by atomic mass is 10.1.